The van der Waals surface area contributed by atoms with Crippen molar-refractivity contribution in [1.82, 2.24) is 4.90 Å². The van der Waals surface area contributed by atoms with Crippen LogP contribution in [0.5, 0.6) is 0 Å². The summed E-state index contributed by atoms with van der Waals surface area (Å²) >= 11 is 0. The molecule has 160 valence electrons. The van der Waals surface area contributed by atoms with E-state index >= 15 is 0 Å². The molecular formula is C22H35BN2O4. The molecule has 1 unspecified atom stereocenters. The van der Waals surface area contributed by atoms with Gasteiger partial charge in [0, 0.05) is 6.04 Å². The first-order chi connectivity index (χ1) is 13.9. The van der Waals surface area contributed by atoms with Crippen LogP contribution in [-0.4, -0.2) is 57.8 Å². The summed E-state index contributed by atoms with van der Waals surface area (Å²) in [5.41, 5.74) is 8.13. The number of fused-ring (bicyclic) bond motifs is 1. The Morgan fingerprint density at radius 2 is 1.66 bits per heavy atom. The van der Waals surface area contributed by atoms with Crippen LogP contribution in [0.25, 0.3) is 0 Å². The number of carbonyl (C=O) groups is 1. The van der Waals surface area contributed by atoms with E-state index in [0.29, 0.717) is 25.3 Å². The molecule has 29 heavy (non-hydrogen) atoms. The number of carboxylic acids is 1. The summed E-state index contributed by atoms with van der Waals surface area (Å²) in [4.78, 5) is 14.5. The number of carboxylic acid groups (broad SMARTS) is 1. The number of hydrogen-bond acceptors (Lipinski definition) is 5. The van der Waals surface area contributed by atoms with Crippen LogP contribution in [0, 0.1) is 5.92 Å². The van der Waals surface area contributed by atoms with Crippen LogP contribution < -0.4 is 5.73 Å². The minimum atomic E-state index is -1.33. The molecule has 0 bridgehead atoms. The second kappa shape index (κ2) is 10.1. The maximum atomic E-state index is 12.0. The van der Waals surface area contributed by atoms with Crippen LogP contribution in [0.15, 0.2) is 24.3 Å². The minimum absolute atomic E-state index is 0.0294. The fourth-order valence-electron chi connectivity index (χ4n) is 5.21. The fraction of sp³-hybridized carbons (Fsp3) is 0.682. The van der Waals surface area contributed by atoms with Crippen molar-refractivity contribution in [1.29, 1.82) is 0 Å². The van der Waals surface area contributed by atoms with Crippen molar-refractivity contribution < 1.29 is 19.9 Å². The Hall–Kier alpha value is -1.41. The Morgan fingerprint density at radius 1 is 1.07 bits per heavy atom. The molecule has 1 saturated heterocycles. The molecule has 1 heterocycles. The number of nitrogens with two attached hydrogens (primary N) is 1. The van der Waals surface area contributed by atoms with E-state index in [2.05, 4.69) is 29.2 Å². The number of aryl methyl sites for hydroxylation is 2. The van der Waals surface area contributed by atoms with Crippen LogP contribution in [0.3, 0.4) is 0 Å². The summed E-state index contributed by atoms with van der Waals surface area (Å²) < 4.78 is 0. The molecule has 5 N–H and O–H groups in total. The highest BCUT2D eigenvalue weighted by atomic mass is 16.4. The standard InChI is InChI=1S/C22H35BN2O4/c24-22(21(26)27,13-3-4-14-23(28)29)19-11-15-25(16-12-19)20-9-7-17-5-1-2-6-18(17)8-10-20/h1-2,5-6,19-20,28-29H,3-4,7-16,24H2,(H,26,27). The average molecular weight is 402 g/mol. The summed E-state index contributed by atoms with van der Waals surface area (Å²) in [7, 11) is -1.33. The third-order valence-electron chi connectivity index (χ3n) is 7.09. The molecular weight excluding hydrogens is 367 g/mol. The molecule has 3 rings (SSSR count). The summed E-state index contributed by atoms with van der Waals surface area (Å²) in [6.07, 6.45) is 8.02. The second-order valence-electron chi connectivity index (χ2n) is 8.88. The first-order valence-electron chi connectivity index (χ1n) is 11.1. The number of piperidine rings is 1. The summed E-state index contributed by atoms with van der Waals surface area (Å²) in [5, 5.41) is 27.8. The maximum absolute atomic E-state index is 12.0. The lowest BCUT2D eigenvalue weighted by molar-refractivity contribution is -0.147. The highest BCUT2D eigenvalue weighted by Gasteiger charge is 2.43. The van der Waals surface area contributed by atoms with Gasteiger partial charge in [-0.1, -0.05) is 37.1 Å². The van der Waals surface area contributed by atoms with Gasteiger partial charge >= 0.3 is 13.1 Å². The van der Waals surface area contributed by atoms with Crippen molar-refractivity contribution >= 4 is 13.1 Å². The topological polar surface area (TPSA) is 107 Å². The minimum Gasteiger partial charge on any atom is -0.480 e. The van der Waals surface area contributed by atoms with Crippen LogP contribution in [0.1, 0.15) is 56.1 Å². The molecule has 7 heteroatoms. The van der Waals surface area contributed by atoms with Gasteiger partial charge in [-0.25, -0.2) is 0 Å². The smallest absolute Gasteiger partial charge is 0.451 e. The molecule has 2 aliphatic rings. The first-order valence-corrected chi connectivity index (χ1v) is 11.1. The highest BCUT2D eigenvalue weighted by molar-refractivity contribution is 6.40. The molecule has 6 nitrogen and oxygen atoms in total. The van der Waals surface area contributed by atoms with Gasteiger partial charge in [0.1, 0.15) is 5.54 Å². The molecule has 0 saturated carbocycles. The van der Waals surface area contributed by atoms with Crippen molar-refractivity contribution in [3.63, 3.8) is 0 Å². The Kier molecular flexibility index (Phi) is 7.74. The molecule has 1 aromatic rings. The summed E-state index contributed by atoms with van der Waals surface area (Å²) in [6, 6.07) is 9.30. The Bertz CT molecular complexity index is 652. The van der Waals surface area contributed by atoms with E-state index in [9.17, 15) is 9.90 Å². The highest BCUT2D eigenvalue weighted by Crippen LogP contribution is 2.33. The van der Waals surface area contributed by atoms with Gasteiger partial charge < -0.3 is 25.8 Å². The SMILES string of the molecule is NC(CCCCB(O)O)(C(=O)O)C1CCN(C2CCc3ccccc3CC2)CC1. The number of likely N-dealkylation sites (tertiary alicyclic amines) is 1. The molecule has 0 radical (unpaired) electrons. The van der Waals surface area contributed by atoms with Crippen LogP contribution in [0.2, 0.25) is 6.32 Å². The third kappa shape index (κ3) is 5.60. The quantitative estimate of drug-likeness (QED) is 0.301. The summed E-state index contributed by atoms with van der Waals surface area (Å²) in [6.45, 7) is 1.82. The lowest BCUT2D eigenvalue weighted by Gasteiger charge is -2.42. The predicted octanol–water partition coefficient (Wildman–Crippen LogP) is 2.07. The molecule has 0 amide bonds. The zero-order chi connectivity index (χ0) is 20.9. The molecule has 1 aromatic carbocycles. The molecule has 0 aromatic heterocycles. The number of benzene rings is 1. The van der Waals surface area contributed by atoms with Gasteiger partial charge in [-0.05, 0) is 81.4 Å². The van der Waals surface area contributed by atoms with Crippen LogP contribution in [0.4, 0.5) is 0 Å². The molecule has 1 fully saturated rings. The van der Waals surface area contributed by atoms with E-state index in [1.54, 1.807) is 0 Å². The van der Waals surface area contributed by atoms with Crippen LogP contribution >= 0.6 is 0 Å². The van der Waals surface area contributed by atoms with Crippen molar-refractivity contribution in [2.24, 2.45) is 11.7 Å². The second-order valence-corrected chi connectivity index (χ2v) is 8.88. The fourth-order valence-corrected chi connectivity index (χ4v) is 5.21. The normalized spacial score (nSPS) is 21.2. The lowest BCUT2D eigenvalue weighted by atomic mass is 9.74. The third-order valence-corrected chi connectivity index (χ3v) is 7.09. The van der Waals surface area contributed by atoms with Gasteiger partial charge in [-0.3, -0.25) is 4.79 Å². The maximum Gasteiger partial charge on any atom is 0.451 e. The van der Waals surface area contributed by atoms with Crippen molar-refractivity contribution in [3.05, 3.63) is 35.4 Å². The zero-order valence-corrected chi connectivity index (χ0v) is 17.3. The zero-order valence-electron chi connectivity index (χ0n) is 17.3. The monoisotopic (exact) mass is 402 g/mol. The van der Waals surface area contributed by atoms with Gasteiger partial charge in [-0.15, -0.1) is 0 Å². The lowest BCUT2D eigenvalue weighted by Crippen LogP contribution is -2.57. The van der Waals surface area contributed by atoms with Crippen molar-refractivity contribution in [2.45, 2.75) is 75.7 Å². The first kappa shape index (κ1) is 22.3. The van der Waals surface area contributed by atoms with Gasteiger partial charge in [-0.2, -0.15) is 0 Å². The van der Waals surface area contributed by atoms with Crippen molar-refractivity contribution in [2.75, 3.05) is 13.1 Å². The number of hydrogen-bond donors (Lipinski definition) is 4. The molecule has 1 atom stereocenters. The van der Waals surface area contributed by atoms with E-state index < -0.39 is 18.6 Å². The van der Waals surface area contributed by atoms with E-state index in [4.69, 9.17) is 15.8 Å². The van der Waals surface area contributed by atoms with Crippen molar-refractivity contribution in [3.8, 4) is 0 Å². The number of unbranched alkanes of at least 4 members (excludes halogenated alkanes) is 1. The number of nitrogens with zero attached hydrogens (tertiary/aromatic N) is 1. The van der Waals surface area contributed by atoms with Crippen LogP contribution in [-0.2, 0) is 17.6 Å². The average Bonchev–Trinajstić information content (AvgIpc) is 2.93. The van der Waals surface area contributed by atoms with E-state index in [0.717, 1.165) is 51.6 Å². The molecule has 1 aliphatic heterocycles. The number of aliphatic carboxylic acids is 1. The van der Waals surface area contributed by atoms with E-state index in [-0.39, 0.29) is 12.2 Å². The Morgan fingerprint density at radius 3 is 2.17 bits per heavy atom. The Labute approximate surface area is 174 Å². The van der Waals surface area contributed by atoms with Gasteiger partial charge in [0.05, 0.1) is 0 Å². The van der Waals surface area contributed by atoms with E-state index in [1.807, 2.05) is 0 Å². The molecule has 0 spiro atoms. The predicted molar refractivity (Wildman–Crippen MR) is 115 cm³/mol. The largest absolute Gasteiger partial charge is 0.480 e. The van der Waals surface area contributed by atoms with E-state index in [1.165, 1.54) is 11.1 Å². The van der Waals surface area contributed by atoms with Gasteiger partial charge in [0.2, 0.25) is 0 Å². The Balaban J connectivity index is 1.52. The number of rotatable bonds is 8. The summed E-state index contributed by atoms with van der Waals surface area (Å²) in [5.74, 6) is -0.955. The van der Waals surface area contributed by atoms with Gasteiger partial charge in [0.15, 0.2) is 0 Å². The van der Waals surface area contributed by atoms with Gasteiger partial charge in [0.25, 0.3) is 0 Å². The molecule has 1 aliphatic carbocycles.